The summed E-state index contributed by atoms with van der Waals surface area (Å²) < 4.78 is 0. The van der Waals surface area contributed by atoms with Crippen LogP contribution in [0, 0.1) is 0 Å². The summed E-state index contributed by atoms with van der Waals surface area (Å²) >= 11 is 0.615. The largest absolute Gasteiger partial charge is 0.481 e. The molecule has 7 nitrogen and oxygen atoms in total. The van der Waals surface area contributed by atoms with Crippen LogP contribution in [-0.4, -0.2) is 49.9 Å². The minimum absolute atomic E-state index is 0.208. The molecule has 8 heteroatoms. The van der Waals surface area contributed by atoms with Crippen molar-refractivity contribution in [3.63, 3.8) is 0 Å². The van der Waals surface area contributed by atoms with Crippen LogP contribution in [0.5, 0.6) is 0 Å². The van der Waals surface area contributed by atoms with Gasteiger partial charge in [0.15, 0.2) is 4.87 Å². The first-order valence-corrected chi connectivity index (χ1v) is 6.27. The van der Waals surface area contributed by atoms with Crippen molar-refractivity contribution in [3.8, 4) is 0 Å². The van der Waals surface area contributed by atoms with Crippen LogP contribution in [0.25, 0.3) is 0 Å². The molecule has 0 spiro atoms. The molecule has 18 heavy (non-hydrogen) atoms. The normalized spacial score (nSPS) is 15.7. The predicted octanol–water partition coefficient (Wildman–Crippen LogP) is 0.448. The second-order valence-corrected chi connectivity index (χ2v) is 5.09. The standard InChI is InChI=1S/C10H17NO6S/c1-3-6(8(14)15)18-10(9(16)17,11-4-2)5-7(12)13/h6,11H,3-5H2,1-2H3,(H,12,13)(H,14,15)(H,16,17)/t6-,10+/m0/s1. The molecule has 0 aliphatic rings. The third kappa shape index (κ3) is 4.53. The zero-order chi connectivity index (χ0) is 14.3. The van der Waals surface area contributed by atoms with E-state index < -0.39 is 34.4 Å². The van der Waals surface area contributed by atoms with Crippen molar-refractivity contribution in [1.82, 2.24) is 5.32 Å². The van der Waals surface area contributed by atoms with E-state index in [-0.39, 0.29) is 13.0 Å². The summed E-state index contributed by atoms with van der Waals surface area (Å²) in [6.45, 7) is 3.45. The minimum atomic E-state index is -1.82. The smallest absolute Gasteiger partial charge is 0.335 e. The number of carbonyl (C=O) groups is 3. The van der Waals surface area contributed by atoms with Crippen molar-refractivity contribution in [2.75, 3.05) is 6.54 Å². The molecule has 0 amide bonds. The highest BCUT2D eigenvalue weighted by Gasteiger charge is 2.44. The number of carboxylic acids is 3. The van der Waals surface area contributed by atoms with Gasteiger partial charge in [0, 0.05) is 0 Å². The van der Waals surface area contributed by atoms with Crippen LogP contribution < -0.4 is 5.32 Å². The van der Waals surface area contributed by atoms with Gasteiger partial charge in [0.25, 0.3) is 0 Å². The highest BCUT2D eigenvalue weighted by molar-refractivity contribution is 8.02. The summed E-state index contributed by atoms with van der Waals surface area (Å²) in [6.07, 6.45) is -0.481. The predicted molar refractivity (Wildman–Crippen MR) is 65.6 cm³/mol. The second kappa shape index (κ2) is 7.22. The Morgan fingerprint density at radius 2 is 1.78 bits per heavy atom. The maximum absolute atomic E-state index is 11.3. The maximum atomic E-state index is 11.3. The molecule has 0 aliphatic heterocycles. The molecule has 0 saturated heterocycles. The van der Waals surface area contributed by atoms with Crippen LogP contribution in [0.3, 0.4) is 0 Å². The van der Waals surface area contributed by atoms with Crippen molar-refractivity contribution in [2.45, 2.75) is 36.8 Å². The van der Waals surface area contributed by atoms with Gasteiger partial charge in [-0.3, -0.25) is 14.9 Å². The van der Waals surface area contributed by atoms with Gasteiger partial charge in [-0.25, -0.2) is 4.79 Å². The number of aliphatic carboxylic acids is 3. The summed E-state index contributed by atoms with van der Waals surface area (Å²) in [5.41, 5.74) is 0. The Kier molecular flexibility index (Phi) is 6.71. The van der Waals surface area contributed by atoms with E-state index in [2.05, 4.69) is 5.32 Å². The van der Waals surface area contributed by atoms with Gasteiger partial charge in [0.2, 0.25) is 0 Å². The van der Waals surface area contributed by atoms with E-state index in [0.29, 0.717) is 11.8 Å². The molecular formula is C10H17NO6S. The molecule has 0 fully saturated rings. The molecule has 0 aliphatic carbocycles. The van der Waals surface area contributed by atoms with E-state index >= 15 is 0 Å². The Morgan fingerprint density at radius 3 is 2.06 bits per heavy atom. The number of rotatable bonds is 9. The first-order valence-electron chi connectivity index (χ1n) is 5.39. The third-order valence-corrected chi connectivity index (χ3v) is 3.88. The Labute approximate surface area is 109 Å². The fourth-order valence-electron chi connectivity index (χ4n) is 1.40. The monoisotopic (exact) mass is 279 g/mol. The highest BCUT2D eigenvalue weighted by atomic mass is 32.2. The molecule has 0 aromatic heterocycles. The summed E-state index contributed by atoms with van der Waals surface area (Å²) in [6, 6.07) is 0. The molecular weight excluding hydrogens is 262 g/mol. The van der Waals surface area contributed by atoms with E-state index in [4.69, 9.17) is 10.2 Å². The number of likely N-dealkylation sites (N-methyl/N-ethyl adjacent to an activating group) is 1. The molecule has 104 valence electrons. The van der Waals surface area contributed by atoms with E-state index in [9.17, 15) is 19.5 Å². The topological polar surface area (TPSA) is 124 Å². The van der Waals surface area contributed by atoms with Crippen LogP contribution in [0.2, 0.25) is 0 Å². The molecule has 0 unspecified atom stereocenters. The quantitative estimate of drug-likeness (QED) is 0.448. The molecule has 0 heterocycles. The Bertz CT molecular complexity index is 334. The summed E-state index contributed by atoms with van der Waals surface area (Å²) in [5, 5.41) is 28.5. The first-order chi connectivity index (χ1) is 8.29. The van der Waals surface area contributed by atoms with Crippen LogP contribution in [-0.2, 0) is 14.4 Å². The number of hydrogen-bond acceptors (Lipinski definition) is 5. The van der Waals surface area contributed by atoms with Gasteiger partial charge in [0.05, 0.1) is 6.42 Å². The number of thioether (sulfide) groups is 1. The fourth-order valence-corrected chi connectivity index (χ4v) is 2.69. The van der Waals surface area contributed by atoms with Crippen molar-refractivity contribution < 1.29 is 29.7 Å². The minimum Gasteiger partial charge on any atom is -0.481 e. The van der Waals surface area contributed by atoms with Crippen LogP contribution in [0.4, 0.5) is 0 Å². The molecule has 2 atom stereocenters. The van der Waals surface area contributed by atoms with Gasteiger partial charge >= 0.3 is 17.9 Å². The van der Waals surface area contributed by atoms with E-state index in [1.54, 1.807) is 13.8 Å². The summed E-state index contributed by atoms with van der Waals surface area (Å²) in [7, 11) is 0. The average molecular weight is 279 g/mol. The molecule has 0 bridgehead atoms. The van der Waals surface area contributed by atoms with Crippen molar-refractivity contribution in [2.24, 2.45) is 0 Å². The van der Waals surface area contributed by atoms with Gasteiger partial charge in [-0.2, -0.15) is 0 Å². The lowest BCUT2D eigenvalue weighted by Crippen LogP contribution is -2.52. The lowest BCUT2D eigenvalue weighted by atomic mass is 10.2. The number of hydrogen-bond donors (Lipinski definition) is 4. The van der Waals surface area contributed by atoms with Crippen LogP contribution in [0.15, 0.2) is 0 Å². The average Bonchev–Trinajstić information content (AvgIpc) is 2.24. The molecule has 0 saturated carbocycles. The lowest BCUT2D eigenvalue weighted by molar-refractivity contribution is -0.147. The van der Waals surface area contributed by atoms with Gasteiger partial charge < -0.3 is 15.3 Å². The van der Waals surface area contributed by atoms with Gasteiger partial charge in [-0.15, -0.1) is 11.8 Å². The van der Waals surface area contributed by atoms with Gasteiger partial charge in [0.1, 0.15) is 5.25 Å². The SMILES string of the molecule is CCN[C@](CC(=O)O)(S[C@@H](CC)C(=O)O)C(=O)O. The van der Waals surface area contributed by atoms with E-state index in [1.165, 1.54) is 0 Å². The molecule has 0 aromatic rings. The van der Waals surface area contributed by atoms with E-state index in [0.717, 1.165) is 0 Å². The summed E-state index contributed by atoms with van der Waals surface area (Å²) in [4.78, 5) is 31.2. The van der Waals surface area contributed by atoms with E-state index in [1.807, 2.05) is 0 Å². The molecule has 0 aromatic carbocycles. The third-order valence-electron chi connectivity index (χ3n) is 2.20. The maximum Gasteiger partial charge on any atom is 0.335 e. The summed E-state index contributed by atoms with van der Waals surface area (Å²) in [5.74, 6) is -3.83. The molecule has 4 N–H and O–H groups in total. The van der Waals surface area contributed by atoms with Crippen molar-refractivity contribution in [3.05, 3.63) is 0 Å². The van der Waals surface area contributed by atoms with Gasteiger partial charge in [-0.05, 0) is 13.0 Å². The van der Waals surface area contributed by atoms with Crippen molar-refractivity contribution >= 4 is 29.7 Å². The van der Waals surface area contributed by atoms with Crippen LogP contribution in [0.1, 0.15) is 26.7 Å². The Balaban J connectivity index is 5.21. The Morgan fingerprint density at radius 1 is 1.22 bits per heavy atom. The highest BCUT2D eigenvalue weighted by Crippen LogP contribution is 2.32. The van der Waals surface area contributed by atoms with Crippen LogP contribution >= 0.6 is 11.8 Å². The lowest BCUT2D eigenvalue weighted by Gasteiger charge is -2.30. The number of nitrogens with one attached hydrogen (secondary N) is 1. The number of carboxylic acid groups (broad SMARTS) is 3. The second-order valence-electron chi connectivity index (χ2n) is 3.59. The Hall–Kier alpha value is -1.28. The zero-order valence-corrected chi connectivity index (χ0v) is 11.0. The molecule has 0 rings (SSSR count). The fraction of sp³-hybridized carbons (Fsp3) is 0.700. The first kappa shape index (κ1) is 16.7. The zero-order valence-electron chi connectivity index (χ0n) is 10.2. The van der Waals surface area contributed by atoms with Crippen molar-refractivity contribution in [1.29, 1.82) is 0 Å². The van der Waals surface area contributed by atoms with Gasteiger partial charge in [-0.1, -0.05) is 13.8 Å². The molecule has 0 radical (unpaired) electrons.